The van der Waals surface area contributed by atoms with Crippen molar-refractivity contribution in [1.29, 1.82) is 0 Å². The number of aliphatic hydroxyl groups excluding tert-OH is 6. The lowest BCUT2D eigenvalue weighted by atomic mass is 9.46. The third-order valence-electron chi connectivity index (χ3n) is 9.06. The first-order chi connectivity index (χ1) is 16.0. The molecule has 0 amide bonds. The molecule has 2 aliphatic carbocycles. The van der Waals surface area contributed by atoms with Crippen molar-refractivity contribution < 1.29 is 40.1 Å². The van der Waals surface area contributed by atoms with E-state index >= 15 is 0 Å². The lowest BCUT2D eigenvalue weighted by Gasteiger charge is -2.60. The zero-order chi connectivity index (χ0) is 25.3. The van der Waals surface area contributed by atoms with Gasteiger partial charge in [-0.3, -0.25) is 0 Å². The normalized spacial score (nSPS) is 45.8. The molecule has 0 spiro atoms. The molecule has 0 aromatic rings. The summed E-state index contributed by atoms with van der Waals surface area (Å²) in [6.45, 7) is 10.4. The lowest BCUT2D eigenvalue weighted by molar-refractivity contribution is -0.298. The molecule has 6 N–H and O–H groups in total. The van der Waals surface area contributed by atoms with Crippen molar-refractivity contribution in [3.05, 3.63) is 23.8 Å². The molecule has 0 radical (unpaired) electrons. The van der Waals surface area contributed by atoms with Crippen LogP contribution in [0.15, 0.2) is 23.8 Å². The van der Waals surface area contributed by atoms with E-state index in [0.29, 0.717) is 12.3 Å². The van der Waals surface area contributed by atoms with Crippen LogP contribution < -0.4 is 0 Å². The SMILES string of the molecule is C=C1CC[C@H]2[C@@](C)(CCC(O)[C@]2(C)CO)[C@@H]1CC/C(C)=C/COC1OC(CO)C(O)C(O)C1O. The van der Waals surface area contributed by atoms with Crippen LogP contribution >= 0.6 is 0 Å². The summed E-state index contributed by atoms with van der Waals surface area (Å²) in [6.07, 6.45) is 0.267. The Labute approximate surface area is 202 Å². The molecule has 3 aliphatic rings. The van der Waals surface area contributed by atoms with Gasteiger partial charge in [-0.2, -0.15) is 0 Å². The smallest absolute Gasteiger partial charge is 0.187 e. The Morgan fingerprint density at radius 2 is 1.82 bits per heavy atom. The first-order valence-electron chi connectivity index (χ1n) is 12.5. The Hall–Kier alpha value is -0.840. The number of hydrogen-bond acceptors (Lipinski definition) is 8. The van der Waals surface area contributed by atoms with Crippen molar-refractivity contribution in [1.82, 2.24) is 0 Å². The number of aliphatic hydroxyl groups is 6. The topological polar surface area (TPSA) is 140 Å². The van der Waals surface area contributed by atoms with Crippen LogP contribution in [0.25, 0.3) is 0 Å². The molecule has 3 rings (SSSR count). The minimum atomic E-state index is -1.45. The van der Waals surface area contributed by atoms with Gasteiger partial charge in [0.25, 0.3) is 0 Å². The Kier molecular flexibility index (Phi) is 9.02. The quantitative estimate of drug-likeness (QED) is 0.283. The van der Waals surface area contributed by atoms with Gasteiger partial charge in [0, 0.05) is 5.41 Å². The highest BCUT2D eigenvalue weighted by Gasteiger charge is 2.57. The van der Waals surface area contributed by atoms with E-state index in [0.717, 1.165) is 37.7 Å². The molecular weight excluding hydrogens is 440 g/mol. The number of fused-ring (bicyclic) bond motifs is 1. The third kappa shape index (κ3) is 5.15. The summed E-state index contributed by atoms with van der Waals surface area (Å²) in [6, 6.07) is 0. The van der Waals surface area contributed by atoms with E-state index in [1.54, 1.807) is 0 Å². The Balaban J connectivity index is 1.59. The molecule has 0 aromatic carbocycles. The van der Waals surface area contributed by atoms with Gasteiger partial charge in [-0.1, -0.05) is 37.6 Å². The minimum absolute atomic E-state index is 0.0121. The van der Waals surface area contributed by atoms with Gasteiger partial charge < -0.3 is 40.1 Å². The summed E-state index contributed by atoms with van der Waals surface area (Å²) >= 11 is 0. The van der Waals surface area contributed by atoms with Gasteiger partial charge in [0.05, 0.1) is 25.9 Å². The van der Waals surface area contributed by atoms with Crippen molar-refractivity contribution in [3.63, 3.8) is 0 Å². The van der Waals surface area contributed by atoms with E-state index in [1.165, 1.54) is 5.57 Å². The maximum absolute atomic E-state index is 10.7. The number of rotatable bonds is 8. The molecular formula is C26H44O8. The number of hydrogen-bond donors (Lipinski definition) is 6. The van der Waals surface area contributed by atoms with Crippen molar-refractivity contribution in [3.8, 4) is 0 Å². The molecule has 0 aromatic heterocycles. The van der Waals surface area contributed by atoms with Gasteiger partial charge in [-0.25, -0.2) is 0 Å². The largest absolute Gasteiger partial charge is 0.396 e. The molecule has 8 heteroatoms. The minimum Gasteiger partial charge on any atom is -0.396 e. The van der Waals surface area contributed by atoms with Crippen molar-refractivity contribution in [2.24, 2.45) is 22.7 Å². The first kappa shape index (κ1) is 27.7. The second-order valence-electron chi connectivity index (χ2n) is 11.1. The van der Waals surface area contributed by atoms with Crippen LogP contribution in [0.2, 0.25) is 0 Å². The molecule has 10 atom stereocenters. The number of allylic oxidation sites excluding steroid dienone is 2. The Morgan fingerprint density at radius 3 is 2.47 bits per heavy atom. The first-order valence-corrected chi connectivity index (χ1v) is 12.5. The standard InChI is InChI=1S/C26H44O8/c1-15(10-12-33-24-23(32)22(31)21(30)18(13-27)34-24)5-7-17-16(2)6-8-19-25(17,3)11-9-20(29)26(19,4)14-28/h10,17-24,27-32H,2,5-9,11-14H2,1,3-4H3/b15-10+/t17-,18?,19+,20?,21?,22?,23?,24?,25+,26-/m1/s1. The maximum atomic E-state index is 10.7. The van der Waals surface area contributed by atoms with Crippen molar-refractivity contribution >= 4 is 0 Å². The summed E-state index contributed by atoms with van der Waals surface area (Å²) in [5.74, 6) is 0.544. The van der Waals surface area contributed by atoms with Crippen LogP contribution in [0.1, 0.15) is 59.3 Å². The Morgan fingerprint density at radius 1 is 1.12 bits per heavy atom. The summed E-state index contributed by atoms with van der Waals surface area (Å²) in [7, 11) is 0. The fraction of sp³-hybridized carbons (Fsp3) is 0.846. The van der Waals surface area contributed by atoms with Crippen LogP contribution in [-0.2, 0) is 9.47 Å². The molecule has 34 heavy (non-hydrogen) atoms. The van der Waals surface area contributed by atoms with E-state index < -0.39 is 48.8 Å². The zero-order valence-corrected chi connectivity index (χ0v) is 20.8. The molecule has 2 saturated carbocycles. The molecule has 6 unspecified atom stereocenters. The second kappa shape index (κ2) is 11.0. The predicted molar refractivity (Wildman–Crippen MR) is 127 cm³/mol. The van der Waals surface area contributed by atoms with Crippen LogP contribution in [0.5, 0.6) is 0 Å². The van der Waals surface area contributed by atoms with Crippen LogP contribution in [0.3, 0.4) is 0 Å². The average Bonchev–Trinajstić information content (AvgIpc) is 2.81. The van der Waals surface area contributed by atoms with Crippen LogP contribution in [0, 0.1) is 22.7 Å². The van der Waals surface area contributed by atoms with Gasteiger partial charge in [0.1, 0.15) is 24.4 Å². The number of ether oxygens (including phenoxy) is 2. The van der Waals surface area contributed by atoms with Crippen LogP contribution in [0.4, 0.5) is 0 Å². The molecule has 1 aliphatic heterocycles. The summed E-state index contributed by atoms with van der Waals surface area (Å²) < 4.78 is 11.0. The Bertz CT molecular complexity index is 738. The van der Waals surface area contributed by atoms with Gasteiger partial charge in [0.15, 0.2) is 6.29 Å². The fourth-order valence-corrected chi connectivity index (χ4v) is 6.70. The van der Waals surface area contributed by atoms with Gasteiger partial charge in [0.2, 0.25) is 0 Å². The van der Waals surface area contributed by atoms with Gasteiger partial charge in [-0.05, 0) is 62.7 Å². The highest BCUT2D eigenvalue weighted by Crippen LogP contribution is 2.61. The summed E-state index contributed by atoms with van der Waals surface area (Å²) in [5, 5.41) is 60.0. The van der Waals surface area contributed by atoms with E-state index in [4.69, 9.17) is 9.47 Å². The van der Waals surface area contributed by atoms with E-state index in [-0.39, 0.29) is 24.5 Å². The highest BCUT2D eigenvalue weighted by molar-refractivity contribution is 5.18. The molecule has 1 heterocycles. The second-order valence-corrected chi connectivity index (χ2v) is 11.1. The summed E-state index contributed by atoms with van der Waals surface area (Å²) in [5.41, 5.74) is 1.86. The van der Waals surface area contributed by atoms with E-state index in [2.05, 4.69) is 13.5 Å². The molecule has 0 bridgehead atoms. The zero-order valence-electron chi connectivity index (χ0n) is 20.8. The third-order valence-corrected chi connectivity index (χ3v) is 9.06. The fourth-order valence-electron chi connectivity index (χ4n) is 6.70. The highest BCUT2D eigenvalue weighted by atomic mass is 16.7. The monoisotopic (exact) mass is 484 g/mol. The maximum Gasteiger partial charge on any atom is 0.187 e. The van der Waals surface area contributed by atoms with Crippen molar-refractivity contribution in [2.75, 3.05) is 19.8 Å². The van der Waals surface area contributed by atoms with Crippen LogP contribution in [-0.4, -0.2) is 87.3 Å². The lowest BCUT2D eigenvalue weighted by Crippen LogP contribution is -2.59. The van der Waals surface area contributed by atoms with E-state index in [9.17, 15) is 30.6 Å². The van der Waals surface area contributed by atoms with Gasteiger partial charge in [-0.15, -0.1) is 0 Å². The predicted octanol–water partition coefficient (Wildman–Crippen LogP) is 1.27. The molecule has 8 nitrogen and oxygen atoms in total. The molecule has 3 fully saturated rings. The van der Waals surface area contributed by atoms with E-state index in [1.807, 2.05) is 19.9 Å². The summed E-state index contributed by atoms with van der Waals surface area (Å²) in [4.78, 5) is 0. The average molecular weight is 485 g/mol. The van der Waals surface area contributed by atoms with Crippen molar-refractivity contribution in [2.45, 2.75) is 96.1 Å². The molecule has 196 valence electrons. The molecule has 1 saturated heterocycles. The van der Waals surface area contributed by atoms with Gasteiger partial charge >= 0.3 is 0 Å².